The molecule has 0 aliphatic heterocycles. The minimum absolute atomic E-state index is 0.239. The molecule has 0 bridgehead atoms. The van der Waals surface area contributed by atoms with Gasteiger partial charge in [0.2, 0.25) is 0 Å². The van der Waals surface area contributed by atoms with Crippen LogP contribution in [0.2, 0.25) is 0 Å². The number of nitrogens with zero attached hydrogens (tertiary/aromatic N) is 1. The van der Waals surface area contributed by atoms with Crippen LogP contribution in [0.3, 0.4) is 0 Å². The molecule has 0 radical (unpaired) electrons. The quantitative estimate of drug-likeness (QED) is 0.557. The highest BCUT2D eigenvalue weighted by Crippen LogP contribution is 2.43. The standard InChI is InChI=1S/C7H10N4S/c8-5-4(7(9)1-2-7)3-10-6(12)11-5/h3H,1-2,9H2,(H3,8,10,11,12). The molecular formula is C7H10N4S. The van der Waals surface area contributed by atoms with Gasteiger partial charge in [-0.2, -0.15) is 0 Å². The molecule has 1 aliphatic carbocycles. The Morgan fingerprint density at radius 2 is 2.25 bits per heavy atom. The molecule has 0 amide bonds. The van der Waals surface area contributed by atoms with Crippen molar-refractivity contribution >= 4 is 18.0 Å². The molecule has 1 saturated carbocycles. The number of rotatable bonds is 1. The molecule has 2 rings (SSSR count). The number of nitrogens with one attached hydrogen (secondary N) is 1. The molecule has 5 heteroatoms. The Balaban J connectivity index is 2.52. The number of anilines is 1. The largest absolute Gasteiger partial charge is 0.385 e. The Labute approximate surface area is 75.0 Å². The number of nitrogen functional groups attached to an aromatic ring is 1. The number of aromatic amines is 1. The van der Waals surface area contributed by atoms with Gasteiger partial charge in [0.25, 0.3) is 0 Å². The summed E-state index contributed by atoms with van der Waals surface area (Å²) in [7, 11) is 0. The molecule has 1 aliphatic rings. The van der Waals surface area contributed by atoms with Crippen molar-refractivity contribution < 1.29 is 0 Å². The van der Waals surface area contributed by atoms with Crippen LogP contribution in [0.25, 0.3) is 0 Å². The molecule has 5 N–H and O–H groups in total. The maximum absolute atomic E-state index is 5.94. The van der Waals surface area contributed by atoms with E-state index in [-0.39, 0.29) is 5.54 Å². The van der Waals surface area contributed by atoms with E-state index in [0.717, 1.165) is 18.4 Å². The summed E-state index contributed by atoms with van der Waals surface area (Å²) >= 11 is 4.81. The fraction of sp³-hybridized carbons (Fsp3) is 0.429. The molecule has 64 valence electrons. The van der Waals surface area contributed by atoms with Crippen molar-refractivity contribution in [1.29, 1.82) is 0 Å². The van der Waals surface area contributed by atoms with Gasteiger partial charge < -0.3 is 16.5 Å². The third-order valence-electron chi connectivity index (χ3n) is 2.17. The average molecular weight is 182 g/mol. The second-order valence-electron chi connectivity index (χ2n) is 3.17. The smallest absolute Gasteiger partial charge is 0.198 e. The van der Waals surface area contributed by atoms with Gasteiger partial charge in [0.05, 0.1) is 0 Å². The SMILES string of the molecule is Nc1[nH]c(=S)ncc1C1(N)CC1. The predicted octanol–water partition coefficient (Wildman–Crippen LogP) is 0.669. The molecule has 0 unspecified atom stereocenters. The molecule has 1 aromatic heterocycles. The van der Waals surface area contributed by atoms with Gasteiger partial charge in [0.1, 0.15) is 5.82 Å². The molecule has 0 atom stereocenters. The number of hydrogen-bond acceptors (Lipinski definition) is 4. The van der Waals surface area contributed by atoms with Crippen molar-refractivity contribution in [2.75, 3.05) is 5.73 Å². The molecule has 0 saturated heterocycles. The van der Waals surface area contributed by atoms with Crippen LogP contribution in [-0.2, 0) is 5.54 Å². The minimum atomic E-state index is -0.239. The van der Waals surface area contributed by atoms with E-state index in [1.54, 1.807) is 6.20 Å². The lowest BCUT2D eigenvalue weighted by atomic mass is 10.1. The van der Waals surface area contributed by atoms with Gasteiger partial charge in [0, 0.05) is 17.3 Å². The summed E-state index contributed by atoms with van der Waals surface area (Å²) in [5.41, 5.74) is 12.3. The van der Waals surface area contributed by atoms with Crippen LogP contribution in [0.4, 0.5) is 5.82 Å². The van der Waals surface area contributed by atoms with Crippen molar-refractivity contribution in [2.45, 2.75) is 18.4 Å². The van der Waals surface area contributed by atoms with Crippen LogP contribution in [0, 0.1) is 4.77 Å². The van der Waals surface area contributed by atoms with Gasteiger partial charge in [-0.15, -0.1) is 0 Å². The zero-order valence-electron chi connectivity index (χ0n) is 6.50. The molecule has 1 heterocycles. The number of hydrogen-bond donors (Lipinski definition) is 3. The van der Waals surface area contributed by atoms with Gasteiger partial charge in [-0.05, 0) is 25.1 Å². The summed E-state index contributed by atoms with van der Waals surface area (Å²) in [6.07, 6.45) is 3.62. The first-order chi connectivity index (χ1) is 5.62. The summed E-state index contributed by atoms with van der Waals surface area (Å²) in [6.45, 7) is 0. The third-order valence-corrected chi connectivity index (χ3v) is 2.38. The second kappa shape index (κ2) is 2.27. The van der Waals surface area contributed by atoms with Gasteiger partial charge in [-0.3, -0.25) is 0 Å². The molecular weight excluding hydrogens is 172 g/mol. The van der Waals surface area contributed by atoms with Gasteiger partial charge in [-0.25, -0.2) is 4.98 Å². The van der Waals surface area contributed by atoms with Gasteiger partial charge in [-0.1, -0.05) is 0 Å². The van der Waals surface area contributed by atoms with Crippen molar-refractivity contribution in [1.82, 2.24) is 9.97 Å². The summed E-state index contributed by atoms with van der Waals surface area (Å²) in [5.74, 6) is 0.551. The highest BCUT2D eigenvalue weighted by Gasteiger charge is 2.41. The zero-order valence-corrected chi connectivity index (χ0v) is 7.32. The number of H-pyrrole nitrogens is 1. The summed E-state index contributed by atoms with van der Waals surface area (Å²) in [6, 6.07) is 0. The van der Waals surface area contributed by atoms with E-state index in [9.17, 15) is 0 Å². The van der Waals surface area contributed by atoms with E-state index in [4.69, 9.17) is 23.7 Å². The first-order valence-corrected chi connectivity index (χ1v) is 4.17. The molecule has 12 heavy (non-hydrogen) atoms. The lowest BCUT2D eigenvalue weighted by Crippen LogP contribution is -2.21. The Kier molecular flexibility index (Phi) is 1.46. The molecule has 1 fully saturated rings. The zero-order chi connectivity index (χ0) is 8.77. The maximum atomic E-state index is 5.94. The minimum Gasteiger partial charge on any atom is -0.385 e. The molecule has 0 aromatic carbocycles. The van der Waals surface area contributed by atoms with Gasteiger partial charge >= 0.3 is 0 Å². The Morgan fingerprint density at radius 1 is 1.58 bits per heavy atom. The summed E-state index contributed by atoms with van der Waals surface area (Å²) in [5, 5.41) is 0. The van der Waals surface area contributed by atoms with Crippen molar-refractivity contribution in [3.63, 3.8) is 0 Å². The van der Waals surface area contributed by atoms with E-state index in [1.807, 2.05) is 0 Å². The van der Waals surface area contributed by atoms with E-state index >= 15 is 0 Å². The van der Waals surface area contributed by atoms with E-state index in [0.29, 0.717) is 10.6 Å². The van der Waals surface area contributed by atoms with Crippen LogP contribution in [-0.4, -0.2) is 9.97 Å². The molecule has 0 spiro atoms. The monoisotopic (exact) mass is 182 g/mol. The lowest BCUT2D eigenvalue weighted by Gasteiger charge is -2.10. The highest BCUT2D eigenvalue weighted by molar-refractivity contribution is 7.71. The van der Waals surface area contributed by atoms with E-state index < -0.39 is 0 Å². The normalized spacial score (nSPS) is 19.1. The van der Waals surface area contributed by atoms with Crippen molar-refractivity contribution in [3.8, 4) is 0 Å². The predicted molar refractivity (Wildman–Crippen MR) is 48.9 cm³/mol. The average Bonchev–Trinajstić information content (AvgIpc) is 2.68. The molecule has 1 aromatic rings. The van der Waals surface area contributed by atoms with Gasteiger partial charge in [0.15, 0.2) is 4.77 Å². The lowest BCUT2D eigenvalue weighted by molar-refractivity contribution is 0.731. The highest BCUT2D eigenvalue weighted by atomic mass is 32.1. The van der Waals surface area contributed by atoms with Crippen LogP contribution in [0.5, 0.6) is 0 Å². The topological polar surface area (TPSA) is 80.7 Å². The number of nitrogens with two attached hydrogens (primary N) is 2. The van der Waals surface area contributed by atoms with E-state index in [2.05, 4.69) is 9.97 Å². The summed E-state index contributed by atoms with van der Waals surface area (Å²) in [4.78, 5) is 6.73. The van der Waals surface area contributed by atoms with Crippen LogP contribution < -0.4 is 11.5 Å². The van der Waals surface area contributed by atoms with Crippen LogP contribution in [0.15, 0.2) is 6.20 Å². The third kappa shape index (κ3) is 1.11. The van der Waals surface area contributed by atoms with Crippen LogP contribution in [0.1, 0.15) is 18.4 Å². The maximum Gasteiger partial charge on any atom is 0.198 e. The van der Waals surface area contributed by atoms with Crippen molar-refractivity contribution in [3.05, 3.63) is 16.5 Å². The Bertz CT molecular complexity index is 366. The molecule has 4 nitrogen and oxygen atoms in total. The fourth-order valence-corrected chi connectivity index (χ4v) is 1.37. The second-order valence-corrected chi connectivity index (χ2v) is 3.56. The first kappa shape index (κ1) is 7.70. The van der Waals surface area contributed by atoms with Crippen molar-refractivity contribution in [2.24, 2.45) is 5.73 Å². The number of aromatic nitrogens is 2. The fourth-order valence-electron chi connectivity index (χ4n) is 1.21. The Morgan fingerprint density at radius 3 is 2.75 bits per heavy atom. The summed E-state index contributed by atoms with van der Waals surface area (Å²) < 4.78 is 0.403. The first-order valence-electron chi connectivity index (χ1n) is 3.76. The van der Waals surface area contributed by atoms with Crippen LogP contribution >= 0.6 is 12.2 Å². The Hall–Kier alpha value is -0.940. The van der Waals surface area contributed by atoms with E-state index in [1.165, 1.54) is 0 Å².